The van der Waals surface area contributed by atoms with Gasteiger partial charge in [-0.2, -0.15) is 0 Å². The van der Waals surface area contributed by atoms with Crippen LogP contribution in [0.5, 0.6) is 0 Å². The quantitative estimate of drug-likeness (QED) is 0.489. The largest absolute Gasteiger partial charge is 0.498 e. The topological polar surface area (TPSA) is 63.0 Å². The zero-order valence-electron chi connectivity index (χ0n) is 6.44. The molecular formula is C5H10NO4P. The van der Waals surface area contributed by atoms with Crippen LogP contribution in [0.15, 0.2) is 0 Å². The summed E-state index contributed by atoms with van der Waals surface area (Å²) in [4.78, 5) is 0. The first-order valence-corrected chi connectivity index (χ1v) is 4.71. The molecule has 0 aliphatic rings. The van der Waals surface area contributed by atoms with E-state index in [2.05, 4.69) is 14.1 Å². The summed E-state index contributed by atoms with van der Waals surface area (Å²) in [6.07, 6.45) is 0. The van der Waals surface area contributed by atoms with Crippen LogP contribution in [-0.2, 0) is 13.6 Å². The Morgan fingerprint density at radius 2 is 1.91 bits per heavy atom. The van der Waals surface area contributed by atoms with Gasteiger partial charge in [0, 0.05) is 5.01 Å². The van der Waals surface area contributed by atoms with Crippen molar-refractivity contribution in [1.29, 1.82) is 0 Å². The third-order valence-electron chi connectivity index (χ3n) is 0.761. The smallest absolute Gasteiger partial charge is 0.481 e. The average molecular weight is 179 g/mol. The molecule has 0 N–H and O–H groups in total. The van der Waals surface area contributed by atoms with Crippen molar-refractivity contribution in [1.82, 2.24) is 0 Å². The van der Waals surface area contributed by atoms with Crippen molar-refractivity contribution in [3.05, 3.63) is 10.2 Å². The van der Waals surface area contributed by atoms with E-state index < -0.39 is 7.60 Å². The van der Waals surface area contributed by atoms with Crippen LogP contribution in [0.1, 0.15) is 13.8 Å². The number of rotatable bonds is 4. The van der Waals surface area contributed by atoms with Crippen LogP contribution < -0.4 is 0 Å². The maximum absolute atomic E-state index is 11.2. The molecular weight excluding hydrogens is 169 g/mol. The molecule has 0 saturated heterocycles. The fraction of sp³-hybridized carbons (Fsp3) is 0.800. The first kappa shape index (κ1) is 10.4. The molecule has 0 amide bonds. The van der Waals surface area contributed by atoms with E-state index in [1.54, 1.807) is 19.7 Å². The zero-order chi connectivity index (χ0) is 8.74. The minimum absolute atomic E-state index is 0.194. The highest BCUT2D eigenvalue weighted by atomic mass is 31.2. The van der Waals surface area contributed by atoms with Crippen molar-refractivity contribution < 1.29 is 13.6 Å². The standard InChI is InChI=1S/C5H10NO4P/c1-3-9-11(8,5-6-7)10-4-2/h3-4H2,1-2H3. The lowest BCUT2D eigenvalue weighted by molar-refractivity contribution is 0.230. The van der Waals surface area contributed by atoms with Gasteiger partial charge in [0.1, 0.15) is 0 Å². The normalized spacial score (nSPS) is 10.4. The third-order valence-corrected chi connectivity index (χ3v) is 2.28. The Balaban J connectivity index is 4.22. The minimum atomic E-state index is -3.45. The van der Waals surface area contributed by atoms with Crippen LogP contribution in [-0.4, -0.2) is 13.2 Å². The maximum atomic E-state index is 11.2. The fourth-order valence-electron chi connectivity index (χ4n) is 0.485. The SMILES string of the molecule is CCOP(=O)(C#[N+][O-])OCC. The van der Waals surface area contributed by atoms with Gasteiger partial charge in [0.2, 0.25) is 0 Å². The number of hydrogen-bond donors (Lipinski definition) is 0. The summed E-state index contributed by atoms with van der Waals surface area (Å²) in [5, 5.41) is 11.9. The van der Waals surface area contributed by atoms with Crippen molar-refractivity contribution in [3.8, 4) is 5.81 Å². The van der Waals surface area contributed by atoms with E-state index in [0.717, 1.165) is 0 Å². The monoisotopic (exact) mass is 179 g/mol. The van der Waals surface area contributed by atoms with Gasteiger partial charge < -0.3 is 5.21 Å². The molecule has 11 heavy (non-hydrogen) atoms. The first-order chi connectivity index (χ1) is 5.18. The van der Waals surface area contributed by atoms with Gasteiger partial charge in [-0.3, -0.25) is 9.05 Å². The molecule has 0 aromatic heterocycles. The second-order valence-corrected chi connectivity index (χ2v) is 3.24. The average Bonchev–Trinajstić information content (AvgIpc) is 1.88. The van der Waals surface area contributed by atoms with Crippen molar-refractivity contribution in [3.63, 3.8) is 0 Å². The Morgan fingerprint density at radius 3 is 2.18 bits per heavy atom. The van der Waals surface area contributed by atoms with E-state index in [4.69, 9.17) is 0 Å². The summed E-state index contributed by atoms with van der Waals surface area (Å²) in [7, 11) is -3.45. The molecule has 0 aromatic carbocycles. The van der Waals surface area contributed by atoms with Gasteiger partial charge in [-0.15, -0.1) is 0 Å². The lowest BCUT2D eigenvalue weighted by atomic mass is 10.9. The van der Waals surface area contributed by atoms with Crippen LogP contribution in [0.2, 0.25) is 0 Å². The molecule has 0 fully saturated rings. The molecule has 0 spiro atoms. The predicted octanol–water partition coefficient (Wildman–Crippen LogP) is 2.04. The molecule has 64 valence electrons. The molecule has 0 aliphatic heterocycles. The highest BCUT2D eigenvalue weighted by Gasteiger charge is 2.28. The van der Waals surface area contributed by atoms with Crippen LogP contribution >= 0.6 is 7.60 Å². The second-order valence-electron chi connectivity index (χ2n) is 1.52. The van der Waals surface area contributed by atoms with Gasteiger partial charge in [0.25, 0.3) is 0 Å². The summed E-state index contributed by atoms with van der Waals surface area (Å²) in [6, 6.07) is 0. The van der Waals surface area contributed by atoms with E-state index >= 15 is 0 Å². The summed E-state index contributed by atoms with van der Waals surface area (Å²) in [5.41, 5.74) is 0. The Bertz CT molecular complexity index is 196. The van der Waals surface area contributed by atoms with Gasteiger partial charge in [0.15, 0.2) is 0 Å². The molecule has 0 unspecified atom stereocenters. The van der Waals surface area contributed by atoms with E-state index in [-0.39, 0.29) is 13.2 Å². The predicted molar refractivity (Wildman–Crippen MR) is 41.5 cm³/mol. The summed E-state index contributed by atoms with van der Waals surface area (Å²) in [5.74, 6) is 1.74. The maximum Gasteiger partial charge on any atom is 0.481 e. The number of nitrogens with zero attached hydrogens (tertiary/aromatic N) is 1. The molecule has 0 radical (unpaired) electrons. The Labute approximate surface area is 65.2 Å². The van der Waals surface area contributed by atoms with Crippen molar-refractivity contribution >= 4 is 7.60 Å². The highest BCUT2D eigenvalue weighted by molar-refractivity contribution is 7.59. The highest BCUT2D eigenvalue weighted by Crippen LogP contribution is 2.46. The zero-order valence-corrected chi connectivity index (χ0v) is 7.34. The lowest BCUT2D eigenvalue weighted by Crippen LogP contribution is -1.92. The summed E-state index contributed by atoms with van der Waals surface area (Å²) < 4.78 is 20.4. The van der Waals surface area contributed by atoms with E-state index in [1.807, 2.05) is 0 Å². The van der Waals surface area contributed by atoms with Gasteiger partial charge in [0.05, 0.1) is 13.2 Å². The van der Waals surface area contributed by atoms with E-state index in [1.165, 1.54) is 0 Å². The molecule has 0 saturated carbocycles. The Morgan fingerprint density at radius 1 is 1.45 bits per heavy atom. The van der Waals surface area contributed by atoms with E-state index in [9.17, 15) is 9.77 Å². The number of hydrogen-bond acceptors (Lipinski definition) is 4. The molecule has 0 aromatic rings. The fourth-order valence-corrected chi connectivity index (χ4v) is 1.45. The van der Waals surface area contributed by atoms with Crippen molar-refractivity contribution in [2.24, 2.45) is 0 Å². The molecule has 5 nitrogen and oxygen atoms in total. The lowest BCUT2D eigenvalue weighted by Gasteiger charge is -2.04. The van der Waals surface area contributed by atoms with E-state index in [0.29, 0.717) is 0 Å². The van der Waals surface area contributed by atoms with Gasteiger partial charge in [-0.05, 0) is 13.8 Å². The molecule has 0 bridgehead atoms. The van der Waals surface area contributed by atoms with Crippen molar-refractivity contribution in [2.45, 2.75) is 13.8 Å². The van der Waals surface area contributed by atoms with Crippen LogP contribution in [0.25, 0.3) is 5.01 Å². The van der Waals surface area contributed by atoms with Gasteiger partial charge in [-0.25, -0.2) is 4.57 Å². The Kier molecular flexibility index (Phi) is 4.88. The molecule has 0 aliphatic carbocycles. The van der Waals surface area contributed by atoms with Crippen molar-refractivity contribution in [2.75, 3.05) is 13.2 Å². The molecule has 0 heterocycles. The van der Waals surface area contributed by atoms with Crippen LogP contribution in [0.4, 0.5) is 0 Å². The van der Waals surface area contributed by atoms with Gasteiger partial charge >= 0.3 is 13.4 Å². The molecule has 0 rings (SSSR count). The first-order valence-electron chi connectivity index (χ1n) is 3.17. The summed E-state index contributed by atoms with van der Waals surface area (Å²) >= 11 is 0. The molecule has 0 atom stereocenters. The Hall–Kier alpha value is -0.560. The minimum Gasteiger partial charge on any atom is -0.498 e. The second kappa shape index (κ2) is 5.14. The summed E-state index contributed by atoms with van der Waals surface area (Å²) in [6.45, 7) is 3.66. The molecule has 6 heteroatoms. The van der Waals surface area contributed by atoms with Gasteiger partial charge in [-0.1, -0.05) is 0 Å². The van der Waals surface area contributed by atoms with Crippen LogP contribution in [0.3, 0.4) is 0 Å². The third kappa shape index (κ3) is 3.99. The van der Waals surface area contributed by atoms with Crippen LogP contribution in [0, 0.1) is 11.0 Å².